The van der Waals surface area contributed by atoms with Crippen molar-refractivity contribution in [3.05, 3.63) is 11.6 Å². The third-order valence-corrected chi connectivity index (χ3v) is 5.96. The second-order valence-corrected chi connectivity index (χ2v) is 7.73. The molecule has 1 atom stereocenters. The van der Waals surface area contributed by atoms with E-state index in [1.807, 2.05) is 0 Å². The van der Waals surface area contributed by atoms with Gasteiger partial charge in [0.15, 0.2) is 0 Å². The number of hydrogen-bond acceptors (Lipinski definition) is 2. The zero-order valence-corrected chi connectivity index (χ0v) is 13.5. The predicted octanol–water partition coefficient (Wildman–Crippen LogP) is 3.54. The number of likely N-dealkylation sites (tertiary alicyclic amines) is 2. The minimum Gasteiger partial charge on any atom is -0.302 e. The molecule has 3 fully saturated rings. The number of rotatable bonds is 4. The van der Waals surface area contributed by atoms with Crippen LogP contribution in [0.3, 0.4) is 0 Å². The van der Waals surface area contributed by atoms with Gasteiger partial charge in [-0.1, -0.05) is 18.1 Å². The first-order valence-corrected chi connectivity index (χ1v) is 8.76. The van der Waals surface area contributed by atoms with Gasteiger partial charge in [-0.25, -0.2) is 0 Å². The summed E-state index contributed by atoms with van der Waals surface area (Å²) in [4.78, 5) is 5.50. The van der Waals surface area contributed by atoms with Crippen molar-refractivity contribution in [1.82, 2.24) is 9.80 Å². The molecule has 2 saturated heterocycles. The minimum absolute atomic E-state index is 0.635. The molecule has 0 bridgehead atoms. The van der Waals surface area contributed by atoms with Crippen LogP contribution < -0.4 is 0 Å². The summed E-state index contributed by atoms with van der Waals surface area (Å²) in [5.74, 6) is 1.04. The molecule has 0 radical (unpaired) electrons. The van der Waals surface area contributed by atoms with E-state index >= 15 is 0 Å². The highest BCUT2D eigenvalue weighted by atomic mass is 15.2. The largest absolute Gasteiger partial charge is 0.302 e. The summed E-state index contributed by atoms with van der Waals surface area (Å²) < 4.78 is 0. The summed E-state index contributed by atoms with van der Waals surface area (Å²) in [5, 5.41) is 0. The first-order chi connectivity index (χ1) is 9.69. The van der Waals surface area contributed by atoms with Gasteiger partial charge >= 0.3 is 0 Å². The smallest absolute Gasteiger partial charge is 0.0190 e. The average Bonchev–Trinajstić information content (AvgIpc) is 2.76. The molecule has 20 heavy (non-hydrogen) atoms. The van der Waals surface area contributed by atoms with E-state index in [0.29, 0.717) is 5.41 Å². The summed E-state index contributed by atoms with van der Waals surface area (Å²) in [5.41, 5.74) is 2.17. The molecule has 3 aliphatic rings. The lowest BCUT2D eigenvalue weighted by atomic mass is 9.78. The van der Waals surface area contributed by atoms with Crippen LogP contribution in [0, 0.1) is 11.3 Å². The van der Waals surface area contributed by atoms with Gasteiger partial charge in [-0.3, -0.25) is 4.90 Å². The van der Waals surface area contributed by atoms with Gasteiger partial charge < -0.3 is 4.90 Å². The van der Waals surface area contributed by atoms with Gasteiger partial charge in [0, 0.05) is 26.2 Å². The molecule has 0 amide bonds. The molecule has 114 valence electrons. The monoisotopic (exact) mass is 276 g/mol. The number of allylic oxidation sites excluding steroid dienone is 1. The molecular formula is C18H32N2. The van der Waals surface area contributed by atoms with Crippen molar-refractivity contribution in [1.29, 1.82) is 0 Å². The second-order valence-electron chi connectivity index (χ2n) is 7.73. The quantitative estimate of drug-likeness (QED) is 0.725. The van der Waals surface area contributed by atoms with Crippen molar-refractivity contribution in [2.45, 2.75) is 52.4 Å². The Kier molecular flexibility index (Phi) is 4.52. The maximum Gasteiger partial charge on any atom is 0.0190 e. The van der Waals surface area contributed by atoms with Gasteiger partial charge in [0.1, 0.15) is 0 Å². The Balaban J connectivity index is 1.53. The highest BCUT2D eigenvalue weighted by molar-refractivity contribution is 5.03. The van der Waals surface area contributed by atoms with Gasteiger partial charge in [0.25, 0.3) is 0 Å². The molecule has 0 aromatic heterocycles. The summed E-state index contributed by atoms with van der Waals surface area (Å²) in [6, 6.07) is 0. The molecule has 2 heterocycles. The minimum atomic E-state index is 0.635. The molecule has 1 saturated carbocycles. The summed E-state index contributed by atoms with van der Waals surface area (Å²) in [6.07, 6.45) is 11.1. The lowest BCUT2D eigenvalue weighted by Crippen LogP contribution is -2.47. The van der Waals surface area contributed by atoms with Crippen molar-refractivity contribution in [2.75, 3.05) is 39.3 Å². The number of piperidine rings is 1. The van der Waals surface area contributed by atoms with Crippen molar-refractivity contribution >= 4 is 0 Å². The molecule has 2 nitrogen and oxygen atoms in total. The van der Waals surface area contributed by atoms with Crippen molar-refractivity contribution < 1.29 is 0 Å². The van der Waals surface area contributed by atoms with Gasteiger partial charge in [-0.2, -0.15) is 0 Å². The van der Waals surface area contributed by atoms with Crippen LogP contribution >= 0.6 is 0 Å². The van der Waals surface area contributed by atoms with Crippen LogP contribution in [0.1, 0.15) is 52.4 Å². The van der Waals surface area contributed by atoms with E-state index in [2.05, 4.69) is 29.7 Å². The topological polar surface area (TPSA) is 6.48 Å². The lowest BCUT2D eigenvalue weighted by molar-refractivity contribution is 0.0681. The third kappa shape index (κ3) is 3.28. The Morgan fingerprint density at radius 2 is 1.90 bits per heavy atom. The van der Waals surface area contributed by atoms with Crippen LogP contribution in [0.15, 0.2) is 11.6 Å². The highest BCUT2D eigenvalue weighted by Crippen LogP contribution is 2.40. The Labute approximate surface area is 125 Å². The van der Waals surface area contributed by atoms with Gasteiger partial charge in [-0.15, -0.1) is 0 Å². The summed E-state index contributed by atoms with van der Waals surface area (Å²) >= 11 is 0. The van der Waals surface area contributed by atoms with E-state index < -0.39 is 0 Å². The van der Waals surface area contributed by atoms with E-state index in [1.165, 1.54) is 83.4 Å². The van der Waals surface area contributed by atoms with Crippen LogP contribution in [-0.2, 0) is 0 Å². The molecule has 0 aromatic carbocycles. The van der Waals surface area contributed by atoms with Crippen LogP contribution in [0.25, 0.3) is 0 Å². The van der Waals surface area contributed by atoms with E-state index in [0.717, 1.165) is 5.92 Å². The molecule has 2 heteroatoms. The van der Waals surface area contributed by atoms with E-state index in [1.54, 1.807) is 0 Å². The fourth-order valence-corrected chi connectivity index (χ4v) is 4.45. The standard InChI is InChI=1S/C18H32N2/c1-3-16(2)12-20-11-9-18(15-20)8-5-10-19(14-18)13-17-6-4-7-17/h3,17H,4-15H2,1-2H3/b16-3+. The van der Waals surface area contributed by atoms with Gasteiger partial charge in [0.05, 0.1) is 0 Å². The Morgan fingerprint density at radius 1 is 1.10 bits per heavy atom. The zero-order valence-electron chi connectivity index (χ0n) is 13.5. The molecule has 2 aliphatic heterocycles. The van der Waals surface area contributed by atoms with Crippen LogP contribution in [0.2, 0.25) is 0 Å². The molecule has 1 unspecified atom stereocenters. The normalized spacial score (nSPS) is 33.8. The Hall–Kier alpha value is -0.340. The van der Waals surface area contributed by atoms with Crippen molar-refractivity contribution in [2.24, 2.45) is 11.3 Å². The maximum atomic E-state index is 2.80. The SMILES string of the molecule is C/C=C(\C)CN1CCC2(CCCN(CC3CCC3)C2)C1. The number of hydrogen-bond donors (Lipinski definition) is 0. The number of nitrogens with zero attached hydrogens (tertiary/aromatic N) is 2. The first-order valence-electron chi connectivity index (χ1n) is 8.76. The van der Waals surface area contributed by atoms with E-state index in [9.17, 15) is 0 Å². The van der Waals surface area contributed by atoms with Crippen LogP contribution in [0.4, 0.5) is 0 Å². The Morgan fingerprint density at radius 3 is 2.60 bits per heavy atom. The van der Waals surface area contributed by atoms with E-state index in [-0.39, 0.29) is 0 Å². The third-order valence-electron chi connectivity index (χ3n) is 5.96. The summed E-state index contributed by atoms with van der Waals surface area (Å²) in [6.45, 7) is 12.5. The molecule has 3 rings (SSSR count). The van der Waals surface area contributed by atoms with Crippen molar-refractivity contribution in [3.8, 4) is 0 Å². The zero-order chi connectivity index (χ0) is 14.0. The molecule has 0 aromatic rings. The molecular weight excluding hydrogens is 244 g/mol. The van der Waals surface area contributed by atoms with Gasteiger partial charge in [0.2, 0.25) is 0 Å². The molecule has 1 aliphatic carbocycles. The summed E-state index contributed by atoms with van der Waals surface area (Å²) in [7, 11) is 0. The second kappa shape index (κ2) is 6.19. The molecule has 1 spiro atoms. The van der Waals surface area contributed by atoms with Gasteiger partial charge in [-0.05, 0) is 70.4 Å². The first kappa shape index (κ1) is 14.6. The lowest BCUT2D eigenvalue weighted by Gasteiger charge is -2.43. The van der Waals surface area contributed by atoms with E-state index in [4.69, 9.17) is 0 Å². The maximum absolute atomic E-state index is 2.80. The highest BCUT2D eigenvalue weighted by Gasteiger charge is 2.41. The average molecular weight is 276 g/mol. The predicted molar refractivity (Wildman–Crippen MR) is 85.9 cm³/mol. The van der Waals surface area contributed by atoms with Crippen LogP contribution in [0.5, 0.6) is 0 Å². The molecule has 0 N–H and O–H groups in total. The van der Waals surface area contributed by atoms with Crippen LogP contribution in [-0.4, -0.2) is 49.1 Å². The van der Waals surface area contributed by atoms with Crippen molar-refractivity contribution in [3.63, 3.8) is 0 Å². The fourth-order valence-electron chi connectivity index (χ4n) is 4.45. The Bertz CT molecular complexity index is 358. The fraction of sp³-hybridized carbons (Fsp3) is 0.889.